The van der Waals surface area contributed by atoms with Crippen molar-refractivity contribution < 1.29 is 24.5 Å². The Morgan fingerprint density at radius 1 is 1.12 bits per heavy atom. The molecule has 0 aliphatic carbocycles. The van der Waals surface area contributed by atoms with Crippen molar-refractivity contribution in [2.24, 2.45) is 0 Å². The Labute approximate surface area is 149 Å². The highest BCUT2D eigenvalue weighted by atomic mass is 16.6. The summed E-state index contributed by atoms with van der Waals surface area (Å²) < 4.78 is 11.0. The van der Waals surface area contributed by atoms with Crippen molar-refractivity contribution in [2.75, 3.05) is 0 Å². The van der Waals surface area contributed by atoms with Gasteiger partial charge in [-0.25, -0.2) is 0 Å². The average molecular weight is 354 g/mol. The molecular formula is C20H18O6. The minimum absolute atomic E-state index is 0.0157. The summed E-state index contributed by atoms with van der Waals surface area (Å²) in [6.07, 6.45) is 2.13. The summed E-state index contributed by atoms with van der Waals surface area (Å²) in [6.45, 7) is 3.80. The fourth-order valence-electron chi connectivity index (χ4n) is 2.50. The molecule has 0 spiro atoms. The lowest BCUT2D eigenvalue weighted by Crippen LogP contribution is -2.02. The van der Waals surface area contributed by atoms with Gasteiger partial charge in [0.2, 0.25) is 0 Å². The lowest BCUT2D eigenvalue weighted by molar-refractivity contribution is 0.351. The van der Waals surface area contributed by atoms with Crippen molar-refractivity contribution in [1.82, 2.24) is 0 Å². The molecule has 3 aromatic rings. The van der Waals surface area contributed by atoms with Gasteiger partial charge in [-0.1, -0.05) is 11.6 Å². The molecule has 6 nitrogen and oxygen atoms in total. The molecule has 26 heavy (non-hydrogen) atoms. The summed E-state index contributed by atoms with van der Waals surface area (Å²) in [5.41, 5.74) is 0.810. The average Bonchev–Trinajstić information content (AvgIpc) is 2.55. The van der Waals surface area contributed by atoms with Crippen LogP contribution in [0.25, 0.3) is 11.0 Å². The molecule has 6 heteroatoms. The van der Waals surface area contributed by atoms with Gasteiger partial charge < -0.3 is 24.5 Å². The Morgan fingerprint density at radius 2 is 1.81 bits per heavy atom. The van der Waals surface area contributed by atoms with E-state index in [1.165, 1.54) is 30.3 Å². The van der Waals surface area contributed by atoms with Gasteiger partial charge in [-0.2, -0.15) is 0 Å². The van der Waals surface area contributed by atoms with Crippen LogP contribution in [0.2, 0.25) is 0 Å². The second-order valence-electron chi connectivity index (χ2n) is 6.11. The zero-order valence-electron chi connectivity index (χ0n) is 14.3. The number of phenols is 3. The Kier molecular flexibility index (Phi) is 4.58. The summed E-state index contributed by atoms with van der Waals surface area (Å²) in [7, 11) is 0. The number of ether oxygens (including phenoxy) is 1. The fraction of sp³-hybridized carbons (Fsp3) is 0.150. The van der Waals surface area contributed by atoms with Crippen molar-refractivity contribution in [2.45, 2.75) is 20.3 Å². The predicted molar refractivity (Wildman–Crippen MR) is 97.1 cm³/mol. The van der Waals surface area contributed by atoms with Gasteiger partial charge in [0.05, 0.1) is 6.07 Å². The Bertz CT molecular complexity index is 1040. The first-order valence-electron chi connectivity index (χ1n) is 7.97. The molecule has 0 unspecified atom stereocenters. The maximum absolute atomic E-state index is 12.4. The highest BCUT2D eigenvalue weighted by molar-refractivity contribution is 5.87. The first-order valence-corrected chi connectivity index (χ1v) is 7.97. The summed E-state index contributed by atoms with van der Waals surface area (Å²) in [6, 6.07) is 8.29. The van der Waals surface area contributed by atoms with E-state index in [0.29, 0.717) is 12.2 Å². The smallest absolute Gasteiger partial charge is 0.294 e. The number of hydrogen-bond acceptors (Lipinski definition) is 6. The van der Waals surface area contributed by atoms with E-state index in [-0.39, 0.29) is 39.7 Å². The maximum atomic E-state index is 12.4. The molecule has 0 atom stereocenters. The number of fused-ring (bicyclic) bond motifs is 1. The molecule has 2 aromatic carbocycles. The summed E-state index contributed by atoms with van der Waals surface area (Å²) in [5, 5.41) is 29.9. The van der Waals surface area contributed by atoms with Gasteiger partial charge in [-0.15, -0.1) is 0 Å². The van der Waals surface area contributed by atoms with Gasteiger partial charge in [-0.05, 0) is 44.5 Å². The minimum atomic E-state index is -0.490. The third-order valence-corrected chi connectivity index (χ3v) is 3.82. The fourth-order valence-corrected chi connectivity index (χ4v) is 2.50. The first kappa shape index (κ1) is 17.4. The molecule has 134 valence electrons. The van der Waals surface area contributed by atoms with E-state index in [1.54, 1.807) is 0 Å². The third-order valence-electron chi connectivity index (χ3n) is 3.82. The Hall–Kier alpha value is -3.41. The van der Waals surface area contributed by atoms with E-state index in [1.807, 2.05) is 19.9 Å². The van der Waals surface area contributed by atoms with Crippen LogP contribution in [0.3, 0.4) is 0 Å². The molecule has 0 bridgehead atoms. The predicted octanol–water partition coefficient (Wildman–Crippen LogP) is 4.21. The van der Waals surface area contributed by atoms with Gasteiger partial charge in [0.25, 0.3) is 5.95 Å². The van der Waals surface area contributed by atoms with Crippen molar-refractivity contribution >= 4 is 11.0 Å². The van der Waals surface area contributed by atoms with Crippen molar-refractivity contribution in [1.29, 1.82) is 0 Å². The van der Waals surface area contributed by atoms with E-state index in [0.717, 1.165) is 11.6 Å². The molecule has 3 rings (SSSR count). The second kappa shape index (κ2) is 6.84. The van der Waals surface area contributed by atoms with Crippen molar-refractivity contribution in [3.8, 4) is 28.9 Å². The van der Waals surface area contributed by atoms with E-state index in [2.05, 4.69) is 0 Å². The number of allylic oxidation sites excluding steroid dienone is 2. The van der Waals surface area contributed by atoms with Gasteiger partial charge in [0, 0.05) is 11.6 Å². The highest BCUT2D eigenvalue weighted by Crippen LogP contribution is 2.36. The molecule has 1 heterocycles. The number of rotatable bonds is 4. The van der Waals surface area contributed by atoms with Crippen LogP contribution in [0.1, 0.15) is 19.4 Å². The second-order valence-corrected chi connectivity index (χ2v) is 6.11. The molecule has 0 aliphatic rings. The highest BCUT2D eigenvalue weighted by Gasteiger charge is 2.17. The molecule has 0 aliphatic heterocycles. The van der Waals surface area contributed by atoms with Gasteiger partial charge >= 0.3 is 0 Å². The van der Waals surface area contributed by atoms with E-state index >= 15 is 0 Å². The van der Waals surface area contributed by atoms with E-state index < -0.39 is 5.43 Å². The first-order chi connectivity index (χ1) is 12.3. The van der Waals surface area contributed by atoms with Crippen LogP contribution in [0.4, 0.5) is 0 Å². The molecular weight excluding hydrogens is 336 g/mol. The molecule has 0 amide bonds. The van der Waals surface area contributed by atoms with Crippen molar-refractivity contribution in [3.05, 3.63) is 63.8 Å². The van der Waals surface area contributed by atoms with Crippen molar-refractivity contribution in [3.63, 3.8) is 0 Å². The van der Waals surface area contributed by atoms with Gasteiger partial charge in [-0.3, -0.25) is 4.79 Å². The minimum Gasteiger partial charge on any atom is -0.508 e. The third kappa shape index (κ3) is 3.49. The van der Waals surface area contributed by atoms with Crippen LogP contribution in [0.15, 0.2) is 57.3 Å². The molecule has 0 fully saturated rings. The largest absolute Gasteiger partial charge is 0.508 e. The lowest BCUT2D eigenvalue weighted by atomic mass is 10.0. The molecule has 0 saturated heterocycles. The van der Waals surface area contributed by atoms with Crippen LogP contribution in [-0.2, 0) is 6.42 Å². The molecule has 0 radical (unpaired) electrons. The van der Waals surface area contributed by atoms with Crippen LogP contribution in [0.5, 0.6) is 28.9 Å². The molecule has 3 N–H and O–H groups in total. The topological polar surface area (TPSA) is 100 Å². The quantitative estimate of drug-likeness (QED) is 0.607. The zero-order valence-corrected chi connectivity index (χ0v) is 14.3. The standard InChI is InChI=1S/C20H18O6/c1-11(2)3-8-14-15(22)9-17-19(20(14)24)16(23)10-18(26-17)25-13-6-4-12(21)5-7-13/h3-7,9-10,21-22,24H,8H2,1-2H3. The van der Waals surface area contributed by atoms with Gasteiger partial charge in [0.15, 0.2) is 5.43 Å². The molecule has 0 saturated carbocycles. The van der Waals surface area contributed by atoms with Crippen LogP contribution >= 0.6 is 0 Å². The SMILES string of the molecule is CC(C)=CCc1c(O)cc2oc(Oc3ccc(O)cc3)cc(=O)c2c1O. The van der Waals surface area contributed by atoms with Crippen LogP contribution in [-0.4, -0.2) is 15.3 Å². The Morgan fingerprint density at radius 3 is 2.46 bits per heavy atom. The lowest BCUT2D eigenvalue weighted by Gasteiger charge is -2.10. The summed E-state index contributed by atoms with van der Waals surface area (Å²) >= 11 is 0. The maximum Gasteiger partial charge on any atom is 0.294 e. The molecule has 1 aromatic heterocycles. The summed E-state index contributed by atoms with van der Waals surface area (Å²) in [5.74, 6) is -0.126. The van der Waals surface area contributed by atoms with E-state index in [9.17, 15) is 20.1 Å². The van der Waals surface area contributed by atoms with E-state index in [4.69, 9.17) is 9.15 Å². The number of benzene rings is 2. The zero-order chi connectivity index (χ0) is 18.8. The normalized spacial score (nSPS) is 10.7. The monoisotopic (exact) mass is 354 g/mol. The Balaban J connectivity index is 2.06. The number of aromatic hydroxyl groups is 3. The number of hydrogen-bond donors (Lipinski definition) is 3. The van der Waals surface area contributed by atoms with Gasteiger partial charge in [0.1, 0.15) is 34.0 Å². The summed E-state index contributed by atoms with van der Waals surface area (Å²) in [4.78, 5) is 12.4. The van der Waals surface area contributed by atoms with Crippen LogP contribution < -0.4 is 10.2 Å². The number of phenolic OH excluding ortho intramolecular Hbond substituents is 3. The van der Waals surface area contributed by atoms with Crippen LogP contribution in [0, 0.1) is 0 Å².